The lowest BCUT2D eigenvalue weighted by molar-refractivity contribution is 0.266. The number of aromatic nitrogens is 1. The van der Waals surface area contributed by atoms with Gasteiger partial charge in [-0.15, -0.1) is 0 Å². The van der Waals surface area contributed by atoms with Crippen LogP contribution in [0.2, 0.25) is 0 Å². The Morgan fingerprint density at radius 3 is 2.58 bits per heavy atom. The fourth-order valence-corrected chi connectivity index (χ4v) is 4.03. The molecule has 0 bridgehead atoms. The van der Waals surface area contributed by atoms with Crippen LogP contribution in [0.15, 0.2) is 24.4 Å². The molecule has 105 valence electrons. The molecular weight excluding hydrogens is 260 g/mol. The first-order valence-corrected chi connectivity index (χ1v) is 8.33. The zero-order valence-electron chi connectivity index (χ0n) is 11.4. The van der Waals surface area contributed by atoms with Crippen molar-refractivity contribution in [2.45, 2.75) is 31.6 Å². The van der Waals surface area contributed by atoms with Gasteiger partial charge >= 0.3 is 0 Å². The van der Waals surface area contributed by atoms with Crippen LogP contribution in [0.3, 0.4) is 0 Å². The maximum absolute atomic E-state index is 12.0. The minimum absolute atomic E-state index is 0.237. The number of pyridine rings is 1. The van der Waals surface area contributed by atoms with Crippen molar-refractivity contribution >= 4 is 10.0 Å². The van der Waals surface area contributed by atoms with E-state index in [1.165, 1.54) is 0 Å². The summed E-state index contributed by atoms with van der Waals surface area (Å²) in [7, 11) is -3.08. The molecule has 0 N–H and O–H groups in total. The molecule has 0 atom stereocenters. The van der Waals surface area contributed by atoms with Gasteiger partial charge in [0.1, 0.15) is 0 Å². The van der Waals surface area contributed by atoms with Gasteiger partial charge in [0, 0.05) is 30.4 Å². The number of piperidine rings is 1. The molecule has 19 heavy (non-hydrogen) atoms. The topological polar surface area (TPSA) is 50.3 Å². The van der Waals surface area contributed by atoms with Crippen molar-refractivity contribution in [2.75, 3.05) is 18.8 Å². The Morgan fingerprint density at radius 2 is 2.05 bits per heavy atom. The Kier molecular flexibility index (Phi) is 4.26. The fourth-order valence-electron chi connectivity index (χ4n) is 2.51. The quantitative estimate of drug-likeness (QED) is 0.848. The molecule has 0 saturated carbocycles. The van der Waals surface area contributed by atoms with E-state index in [2.05, 4.69) is 11.9 Å². The standard InChI is InChI=1S/C14H21N2O2S/c1-3-12-19(17,18)16-10-7-14(2,8-11-16)13-6-4-5-9-15-13/h4-6,9H,2-3,7-8,10-12H2,1H3. The summed E-state index contributed by atoms with van der Waals surface area (Å²) < 4.78 is 25.6. The van der Waals surface area contributed by atoms with Crippen molar-refractivity contribution in [1.82, 2.24) is 9.29 Å². The summed E-state index contributed by atoms with van der Waals surface area (Å²) in [6, 6.07) is 5.81. The molecule has 1 fully saturated rings. The van der Waals surface area contributed by atoms with E-state index < -0.39 is 10.0 Å². The van der Waals surface area contributed by atoms with Crippen molar-refractivity contribution < 1.29 is 8.42 Å². The van der Waals surface area contributed by atoms with Crippen LogP contribution in [-0.2, 0) is 15.4 Å². The van der Waals surface area contributed by atoms with Gasteiger partial charge in [-0.05, 0) is 38.3 Å². The summed E-state index contributed by atoms with van der Waals surface area (Å²) in [4.78, 5) is 4.37. The van der Waals surface area contributed by atoms with Gasteiger partial charge in [-0.3, -0.25) is 4.98 Å². The van der Waals surface area contributed by atoms with Gasteiger partial charge in [0.15, 0.2) is 0 Å². The number of hydrogen-bond donors (Lipinski definition) is 0. The molecule has 1 radical (unpaired) electrons. The molecule has 1 aromatic rings. The van der Waals surface area contributed by atoms with Crippen LogP contribution in [0.1, 0.15) is 31.9 Å². The number of nitrogens with zero attached hydrogens (tertiary/aromatic N) is 2. The summed E-state index contributed by atoms with van der Waals surface area (Å²) in [5.41, 5.74) is 0.710. The average molecular weight is 281 g/mol. The predicted octanol–water partition coefficient (Wildman–Crippen LogP) is 1.99. The van der Waals surface area contributed by atoms with Crippen LogP contribution in [0.25, 0.3) is 0 Å². The summed E-state index contributed by atoms with van der Waals surface area (Å²) in [6.07, 6.45) is 3.89. The molecule has 1 aromatic heterocycles. The van der Waals surface area contributed by atoms with Crippen LogP contribution in [-0.4, -0.2) is 36.5 Å². The van der Waals surface area contributed by atoms with E-state index in [0.29, 0.717) is 19.5 Å². The molecule has 5 heteroatoms. The van der Waals surface area contributed by atoms with Gasteiger partial charge in [0.25, 0.3) is 0 Å². The molecule has 0 aromatic carbocycles. The lowest BCUT2D eigenvalue weighted by Crippen LogP contribution is -2.45. The van der Waals surface area contributed by atoms with Gasteiger partial charge in [-0.1, -0.05) is 13.0 Å². The van der Waals surface area contributed by atoms with Crippen molar-refractivity contribution in [3.8, 4) is 0 Å². The SMILES string of the molecule is [CH2]C1(c2ccccn2)CCN(S(=O)(=O)CCC)CC1. The van der Waals surface area contributed by atoms with E-state index in [9.17, 15) is 8.42 Å². The summed E-state index contributed by atoms with van der Waals surface area (Å²) >= 11 is 0. The second kappa shape index (κ2) is 5.59. The first-order valence-electron chi connectivity index (χ1n) is 6.73. The molecule has 0 unspecified atom stereocenters. The first-order chi connectivity index (χ1) is 8.98. The van der Waals surface area contributed by atoms with Crippen LogP contribution in [0, 0.1) is 6.92 Å². The van der Waals surface area contributed by atoms with E-state index >= 15 is 0 Å². The Morgan fingerprint density at radius 1 is 1.37 bits per heavy atom. The fraction of sp³-hybridized carbons (Fsp3) is 0.571. The summed E-state index contributed by atoms with van der Waals surface area (Å²) in [5, 5.41) is 0. The maximum atomic E-state index is 12.0. The molecule has 0 amide bonds. The van der Waals surface area contributed by atoms with Gasteiger partial charge in [-0.2, -0.15) is 0 Å². The monoisotopic (exact) mass is 281 g/mol. The molecule has 1 aliphatic heterocycles. The highest BCUT2D eigenvalue weighted by molar-refractivity contribution is 7.89. The van der Waals surface area contributed by atoms with Crippen molar-refractivity contribution in [3.63, 3.8) is 0 Å². The zero-order valence-corrected chi connectivity index (χ0v) is 12.2. The number of sulfonamides is 1. The zero-order chi connectivity index (χ0) is 13.9. The first kappa shape index (κ1) is 14.5. The Bertz CT molecular complexity index is 506. The minimum atomic E-state index is -3.08. The largest absolute Gasteiger partial charge is 0.261 e. The molecule has 2 rings (SSSR count). The molecular formula is C14H21N2O2S. The second-order valence-electron chi connectivity index (χ2n) is 5.21. The lowest BCUT2D eigenvalue weighted by Gasteiger charge is -2.38. The van der Waals surface area contributed by atoms with Crippen LogP contribution in [0.4, 0.5) is 0 Å². The van der Waals surface area contributed by atoms with E-state index in [0.717, 1.165) is 18.5 Å². The van der Waals surface area contributed by atoms with Crippen LogP contribution < -0.4 is 0 Å². The van der Waals surface area contributed by atoms with E-state index in [1.54, 1.807) is 10.5 Å². The third-order valence-corrected chi connectivity index (χ3v) is 5.82. The Balaban J connectivity index is 2.07. The lowest BCUT2D eigenvalue weighted by atomic mass is 9.78. The number of hydrogen-bond acceptors (Lipinski definition) is 3. The average Bonchev–Trinajstić information content (AvgIpc) is 2.40. The van der Waals surface area contributed by atoms with Crippen molar-refractivity contribution in [1.29, 1.82) is 0 Å². The van der Waals surface area contributed by atoms with Gasteiger partial charge < -0.3 is 0 Å². The number of rotatable bonds is 4. The highest BCUT2D eigenvalue weighted by Crippen LogP contribution is 2.34. The summed E-state index contributed by atoms with van der Waals surface area (Å²) in [6.45, 7) is 7.26. The molecule has 4 nitrogen and oxygen atoms in total. The minimum Gasteiger partial charge on any atom is -0.261 e. The smallest absolute Gasteiger partial charge is 0.214 e. The van der Waals surface area contributed by atoms with E-state index in [1.807, 2.05) is 25.1 Å². The highest BCUT2D eigenvalue weighted by Gasteiger charge is 2.36. The maximum Gasteiger partial charge on any atom is 0.214 e. The third kappa shape index (κ3) is 3.15. The summed E-state index contributed by atoms with van der Waals surface area (Å²) in [5.74, 6) is 0.237. The molecule has 0 aliphatic carbocycles. The Hall–Kier alpha value is -0.940. The van der Waals surface area contributed by atoms with Crippen LogP contribution >= 0.6 is 0 Å². The predicted molar refractivity (Wildman–Crippen MR) is 76.2 cm³/mol. The van der Waals surface area contributed by atoms with Gasteiger partial charge in [0.2, 0.25) is 10.0 Å². The molecule has 2 heterocycles. The molecule has 0 spiro atoms. The van der Waals surface area contributed by atoms with E-state index in [4.69, 9.17) is 0 Å². The normalized spacial score (nSPS) is 20.3. The van der Waals surface area contributed by atoms with Gasteiger partial charge in [0.05, 0.1) is 5.75 Å². The van der Waals surface area contributed by atoms with Crippen molar-refractivity contribution in [3.05, 3.63) is 37.0 Å². The highest BCUT2D eigenvalue weighted by atomic mass is 32.2. The third-order valence-electron chi connectivity index (χ3n) is 3.74. The van der Waals surface area contributed by atoms with Gasteiger partial charge in [-0.25, -0.2) is 12.7 Å². The second-order valence-corrected chi connectivity index (χ2v) is 7.30. The van der Waals surface area contributed by atoms with Crippen LogP contribution in [0.5, 0.6) is 0 Å². The van der Waals surface area contributed by atoms with E-state index in [-0.39, 0.29) is 11.2 Å². The molecule has 1 saturated heterocycles. The Labute approximate surface area is 115 Å². The molecule has 1 aliphatic rings. The van der Waals surface area contributed by atoms with Crippen molar-refractivity contribution in [2.24, 2.45) is 0 Å².